The van der Waals surface area contributed by atoms with Crippen molar-refractivity contribution in [1.29, 1.82) is 0 Å². The maximum atomic E-state index is 12.6. The van der Waals surface area contributed by atoms with Crippen molar-refractivity contribution in [3.8, 4) is 0 Å². The fourth-order valence-corrected chi connectivity index (χ4v) is 4.57. The molecule has 0 unspecified atom stereocenters. The first kappa shape index (κ1) is 17.9. The van der Waals surface area contributed by atoms with E-state index in [1.54, 1.807) is 12.1 Å². The summed E-state index contributed by atoms with van der Waals surface area (Å²) in [6.07, 6.45) is 5.96. The van der Waals surface area contributed by atoms with Gasteiger partial charge in [0.15, 0.2) is 5.13 Å². The minimum absolute atomic E-state index is 0.275. The van der Waals surface area contributed by atoms with E-state index in [0.29, 0.717) is 28.4 Å². The molecule has 1 aromatic heterocycles. The predicted octanol–water partition coefficient (Wildman–Crippen LogP) is 3.67. The Bertz CT molecular complexity index is 911. The second-order valence-electron chi connectivity index (χ2n) is 6.93. The second-order valence-corrected chi connectivity index (χ2v) is 8.01. The number of nitrogens with zero attached hydrogens (tertiary/aromatic N) is 2. The first-order chi connectivity index (χ1) is 13.1. The summed E-state index contributed by atoms with van der Waals surface area (Å²) in [6, 6.07) is 4.68. The van der Waals surface area contributed by atoms with Gasteiger partial charge in [-0.25, -0.2) is 4.98 Å². The van der Waals surface area contributed by atoms with Gasteiger partial charge in [0.2, 0.25) is 0 Å². The fourth-order valence-electron chi connectivity index (χ4n) is 3.53. The van der Waals surface area contributed by atoms with Crippen molar-refractivity contribution in [3.63, 3.8) is 0 Å². The van der Waals surface area contributed by atoms with Crippen molar-refractivity contribution >= 4 is 34.2 Å². The molecule has 2 aliphatic rings. The molecule has 1 N–H and O–H groups in total. The van der Waals surface area contributed by atoms with Crippen molar-refractivity contribution in [2.75, 3.05) is 11.9 Å². The number of nitrogens with one attached hydrogen (secondary N) is 1. The van der Waals surface area contributed by atoms with Crippen LogP contribution in [0.4, 0.5) is 5.13 Å². The molecular weight excluding hydrogens is 362 g/mol. The Labute approximate surface area is 161 Å². The first-order valence-corrected chi connectivity index (χ1v) is 10.2. The van der Waals surface area contributed by atoms with Gasteiger partial charge in [-0.2, -0.15) is 0 Å². The zero-order chi connectivity index (χ0) is 19.0. The molecule has 6 nitrogen and oxygen atoms in total. The van der Waals surface area contributed by atoms with Gasteiger partial charge < -0.3 is 0 Å². The number of amides is 3. The predicted molar refractivity (Wildman–Crippen MR) is 103 cm³/mol. The van der Waals surface area contributed by atoms with Crippen LogP contribution in [0.1, 0.15) is 74.3 Å². The molecule has 1 aliphatic heterocycles. The van der Waals surface area contributed by atoms with Crippen molar-refractivity contribution in [3.05, 3.63) is 45.5 Å². The summed E-state index contributed by atoms with van der Waals surface area (Å²) in [4.78, 5) is 44.6. The molecule has 1 aromatic carbocycles. The van der Waals surface area contributed by atoms with E-state index in [2.05, 4.69) is 10.3 Å². The molecule has 0 fully saturated rings. The molecule has 1 aliphatic carbocycles. The molecule has 4 rings (SSSR count). The molecule has 0 bridgehead atoms. The summed E-state index contributed by atoms with van der Waals surface area (Å²) >= 11 is 1.52. The number of fused-ring (bicyclic) bond motifs is 2. The monoisotopic (exact) mass is 383 g/mol. The molecule has 3 amide bonds. The van der Waals surface area contributed by atoms with Crippen molar-refractivity contribution in [1.82, 2.24) is 9.88 Å². The van der Waals surface area contributed by atoms with Gasteiger partial charge >= 0.3 is 0 Å². The topological polar surface area (TPSA) is 79.4 Å². The summed E-state index contributed by atoms with van der Waals surface area (Å²) in [6.45, 7) is 2.42. The second kappa shape index (κ2) is 7.23. The lowest BCUT2D eigenvalue weighted by Gasteiger charge is -2.12. The van der Waals surface area contributed by atoms with Crippen molar-refractivity contribution in [2.45, 2.75) is 45.4 Å². The Kier molecular flexibility index (Phi) is 4.78. The Hall–Kier alpha value is -2.54. The lowest BCUT2D eigenvalue weighted by molar-refractivity contribution is 0.0652. The number of carbonyl (C=O) groups excluding carboxylic acids is 3. The van der Waals surface area contributed by atoms with Gasteiger partial charge in [-0.15, -0.1) is 11.3 Å². The third kappa shape index (κ3) is 3.27. The number of carbonyl (C=O) groups is 3. The average molecular weight is 383 g/mol. The van der Waals surface area contributed by atoms with Crippen LogP contribution in [-0.2, 0) is 12.8 Å². The van der Waals surface area contributed by atoms with E-state index in [-0.39, 0.29) is 17.7 Å². The number of benzene rings is 1. The Morgan fingerprint density at radius 3 is 2.74 bits per heavy atom. The Morgan fingerprint density at radius 2 is 1.96 bits per heavy atom. The van der Waals surface area contributed by atoms with Gasteiger partial charge in [-0.05, 0) is 50.3 Å². The molecule has 0 radical (unpaired) electrons. The number of hydrogen-bond donors (Lipinski definition) is 1. The van der Waals surface area contributed by atoms with E-state index in [1.807, 2.05) is 6.92 Å². The smallest absolute Gasteiger partial charge is 0.261 e. The Morgan fingerprint density at radius 1 is 1.19 bits per heavy atom. The lowest BCUT2D eigenvalue weighted by atomic mass is 10.0. The van der Waals surface area contributed by atoms with Crippen LogP contribution in [0.25, 0.3) is 0 Å². The number of aromatic nitrogens is 1. The largest absolute Gasteiger partial charge is 0.298 e. The van der Waals surface area contributed by atoms with Crippen LogP contribution in [-0.4, -0.2) is 34.2 Å². The average Bonchev–Trinajstić information content (AvgIpc) is 3.19. The van der Waals surface area contributed by atoms with Crippen LogP contribution in [0.2, 0.25) is 0 Å². The number of aryl methyl sites for hydroxylation is 2. The number of hydrogen-bond acceptors (Lipinski definition) is 5. The van der Waals surface area contributed by atoms with Crippen LogP contribution in [0.15, 0.2) is 18.2 Å². The highest BCUT2D eigenvalue weighted by molar-refractivity contribution is 7.15. The third-order valence-corrected chi connectivity index (χ3v) is 6.11. The molecule has 2 heterocycles. The number of rotatable bonds is 5. The van der Waals surface area contributed by atoms with E-state index in [4.69, 9.17) is 0 Å². The molecule has 2 aromatic rings. The van der Waals surface area contributed by atoms with E-state index in [0.717, 1.165) is 44.2 Å². The number of thiazole rings is 1. The van der Waals surface area contributed by atoms with E-state index < -0.39 is 0 Å². The number of imide groups is 1. The maximum absolute atomic E-state index is 12.6. The highest BCUT2D eigenvalue weighted by Gasteiger charge is 2.35. The van der Waals surface area contributed by atoms with E-state index >= 15 is 0 Å². The molecule has 7 heteroatoms. The molecule has 27 heavy (non-hydrogen) atoms. The van der Waals surface area contributed by atoms with Crippen molar-refractivity contribution < 1.29 is 14.4 Å². The van der Waals surface area contributed by atoms with Crippen LogP contribution >= 0.6 is 11.3 Å². The lowest BCUT2D eigenvalue weighted by Crippen LogP contribution is -2.30. The van der Waals surface area contributed by atoms with Crippen LogP contribution in [0, 0.1) is 0 Å². The minimum Gasteiger partial charge on any atom is -0.298 e. The standard InChI is InChI=1S/C20H21N3O3S/c1-2-3-10-23-18(25)13-9-8-12(11-14(13)19(23)26)17(24)22-20-21-15-6-4-5-7-16(15)27-20/h8-9,11H,2-7,10H2,1H3,(H,21,22,24). The number of anilines is 1. The normalized spacial score (nSPS) is 15.7. The number of unbranched alkanes of at least 4 members (excludes halogenated alkanes) is 1. The van der Waals surface area contributed by atoms with Crippen molar-refractivity contribution in [2.24, 2.45) is 0 Å². The van der Waals surface area contributed by atoms with E-state index in [9.17, 15) is 14.4 Å². The van der Waals surface area contributed by atoms with Gasteiger partial charge in [0.1, 0.15) is 0 Å². The summed E-state index contributed by atoms with van der Waals surface area (Å²) in [5.74, 6) is -0.901. The van der Waals surface area contributed by atoms with Gasteiger partial charge in [0, 0.05) is 17.0 Å². The van der Waals surface area contributed by atoms with Gasteiger partial charge in [0.05, 0.1) is 16.8 Å². The van der Waals surface area contributed by atoms with Gasteiger partial charge in [-0.3, -0.25) is 24.6 Å². The molecule has 0 atom stereocenters. The third-order valence-electron chi connectivity index (χ3n) is 5.03. The zero-order valence-corrected chi connectivity index (χ0v) is 16.0. The van der Waals surface area contributed by atoms with Crippen LogP contribution in [0.3, 0.4) is 0 Å². The van der Waals surface area contributed by atoms with Crippen LogP contribution in [0.5, 0.6) is 0 Å². The molecule has 140 valence electrons. The highest BCUT2D eigenvalue weighted by Crippen LogP contribution is 2.30. The molecule has 0 saturated carbocycles. The quantitative estimate of drug-likeness (QED) is 0.799. The first-order valence-electron chi connectivity index (χ1n) is 9.38. The summed E-state index contributed by atoms with van der Waals surface area (Å²) < 4.78 is 0. The van der Waals surface area contributed by atoms with Crippen LogP contribution < -0.4 is 5.32 Å². The fraction of sp³-hybridized carbons (Fsp3) is 0.400. The summed E-state index contributed by atoms with van der Waals surface area (Å²) in [5, 5.41) is 3.43. The summed E-state index contributed by atoms with van der Waals surface area (Å²) in [7, 11) is 0. The molecule has 0 spiro atoms. The maximum Gasteiger partial charge on any atom is 0.261 e. The van der Waals surface area contributed by atoms with Gasteiger partial charge in [0.25, 0.3) is 17.7 Å². The molecule has 0 saturated heterocycles. The zero-order valence-electron chi connectivity index (χ0n) is 15.2. The molecular formula is C20H21N3O3S. The van der Waals surface area contributed by atoms with Gasteiger partial charge in [-0.1, -0.05) is 13.3 Å². The SMILES string of the molecule is CCCCN1C(=O)c2ccc(C(=O)Nc3nc4c(s3)CCCC4)cc2C1=O. The van der Waals surface area contributed by atoms with E-state index in [1.165, 1.54) is 27.2 Å². The summed E-state index contributed by atoms with van der Waals surface area (Å²) in [5.41, 5.74) is 2.13. The Balaban J connectivity index is 1.53. The highest BCUT2D eigenvalue weighted by atomic mass is 32.1. The minimum atomic E-state index is -0.317.